The molecule has 0 fully saturated rings. The molecular formula is C10H21O2. The van der Waals surface area contributed by atoms with E-state index in [0.29, 0.717) is 0 Å². The van der Waals surface area contributed by atoms with Crippen LogP contribution in [0.3, 0.4) is 0 Å². The molecule has 0 aromatic heterocycles. The van der Waals surface area contributed by atoms with Gasteiger partial charge in [-0.05, 0) is 13.3 Å². The monoisotopic (exact) mass is 173 g/mol. The Morgan fingerprint density at radius 3 is 2.25 bits per heavy atom. The summed E-state index contributed by atoms with van der Waals surface area (Å²) >= 11 is 0. The van der Waals surface area contributed by atoms with Gasteiger partial charge in [0, 0.05) is 14.2 Å². The maximum Gasteiger partial charge on any atom is 0.0833 e. The summed E-state index contributed by atoms with van der Waals surface area (Å²) in [5, 5.41) is 0. The van der Waals surface area contributed by atoms with Gasteiger partial charge in [0.25, 0.3) is 0 Å². The number of rotatable bonds is 7. The average Bonchev–Trinajstić information content (AvgIpc) is 2.11. The van der Waals surface area contributed by atoms with Crippen LogP contribution < -0.4 is 0 Å². The first kappa shape index (κ1) is 11.9. The Hall–Kier alpha value is -0.0800. The van der Waals surface area contributed by atoms with Gasteiger partial charge in [-0.2, -0.15) is 0 Å². The lowest BCUT2D eigenvalue weighted by Crippen LogP contribution is -2.27. The van der Waals surface area contributed by atoms with Crippen LogP contribution >= 0.6 is 0 Å². The van der Waals surface area contributed by atoms with Gasteiger partial charge < -0.3 is 9.47 Å². The maximum absolute atomic E-state index is 5.26. The Kier molecular flexibility index (Phi) is 7.51. The second-order valence-electron chi connectivity index (χ2n) is 3.04. The predicted octanol–water partition coefficient (Wildman–Crippen LogP) is 2.43. The fourth-order valence-electron chi connectivity index (χ4n) is 1.20. The number of methoxy groups -OCH3 is 2. The summed E-state index contributed by atoms with van der Waals surface area (Å²) in [5.74, 6) is 0. The highest BCUT2D eigenvalue weighted by Crippen LogP contribution is 2.11. The molecule has 2 nitrogen and oxygen atoms in total. The van der Waals surface area contributed by atoms with Crippen molar-refractivity contribution in [1.29, 1.82) is 0 Å². The van der Waals surface area contributed by atoms with Gasteiger partial charge in [0.05, 0.1) is 12.2 Å². The minimum Gasteiger partial charge on any atom is -0.379 e. The molecule has 0 saturated carbocycles. The van der Waals surface area contributed by atoms with Crippen LogP contribution in [0.5, 0.6) is 0 Å². The first-order valence-corrected chi connectivity index (χ1v) is 4.64. The molecule has 0 heterocycles. The van der Waals surface area contributed by atoms with Gasteiger partial charge >= 0.3 is 0 Å². The highest BCUT2D eigenvalue weighted by atomic mass is 16.5. The van der Waals surface area contributed by atoms with Crippen molar-refractivity contribution in [3.8, 4) is 0 Å². The molecular weight excluding hydrogens is 152 g/mol. The average molecular weight is 173 g/mol. The van der Waals surface area contributed by atoms with Crippen molar-refractivity contribution in [1.82, 2.24) is 0 Å². The molecule has 0 aliphatic rings. The molecule has 0 N–H and O–H groups in total. The molecule has 73 valence electrons. The highest BCUT2D eigenvalue weighted by molar-refractivity contribution is 4.71. The third-order valence-corrected chi connectivity index (χ3v) is 2.11. The van der Waals surface area contributed by atoms with Gasteiger partial charge in [-0.1, -0.05) is 26.2 Å². The second kappa shape index (κ2) is 7.56. The molecule has 12 heavy (non-hydrogen) atoms. The lowest BCUT2D eigenvalue weighted by Gasteiger charge is -2.20. The van der Waals surface area contributed by atoms with Crippen LogP contribution in [0, 0.1) is 6.92 Å². The Balaban J connectivity index is 3.52. The Morgan fingerprint density at radius 2 is 1.83 bits per heavy atom. The molecule has 0 amide bonds. The van der Waals surface area contributed by atoms with E-state index in [1.54, 1.807) is 14.2 Å². The van der Waals surface area contributed by atoms with Crippen LogP contribution in [0.15, 0.2) is 0 Å². The molecule has 0 aliphatic heterocycles. The highest BCUT2D eigenvalue weighted by Gasteiger charge is 2.14. The zero-order chi connectivity index (χ0) is 9.40. The summed E-state index contributed by atoms with van der Waals surface area (Å²) in [4.78, 5) is 0. The van der Waals surface area contributed by atoms with Crippen molar-refractivity contribution in [2.75, 3.05) is 14.2 Å². The SMILES string of the molecule is [CH2]C(OC)C(CCCCC)OC. The van der Waals surface area contributed by atoms with Crippen molar-refractivity contribution in [2.45, 2.75) is 44.8 Å². The zero-order valence-electron chi connectivity index (χ0n) is 8.51. The standard InChI is InChI=1S/C10H21O2/c1-5-6-7-8-10(12-4)9(2)11-3/h9-10H,2,5-8H2,1,3-4H3. The summed E-state index contributed by atoms with van der Waals surface area (Å²) in [7, 11) is 3.39. The van der Waals surface area contributed by atoms with Crippen LogP contribution in [-0.4, -0.2) is 26.4 Å². The van der Waals surface area contributed by atoms with Crippen molar-refractivity contribution >= 4 is 0 Å². The van der Waals surface area contributed by atoms with E-state index in [1.807, 2.05) is 0 Å². The molecule has 0 saturated heterocycles. The topological polar surface area (TPSA) is 18.5 Å². The molecule has 2 unspecified atom stereocenters. The second-order valence-corrected chi connectivity index (χ2v) is 3.04. The van der Waals surface area contributed by atoms with Crippen molar-refractivity contribution in [2.24, 2.45) is 0 Å². The van der Waals surface area contributed by atoms with E-state index >= 15 is 0 Å². The van der Waals surface area contributed by atoms with Gasteiger partial charge in [0.1, 0.15) is 0 Å². The summed E-state index contributed by atoms with van der Waals surface area (Å²) in [5.41, 5.74) is 0. The lowest BCUT2D eigenvalue weighted by atomic mass is 10.1. The van der Waals surface area contributed by atoms with E-state index in [9.17, 15) is 0 Å². The van der Waals surface area contributed by atoms with Crippen LogP contribution in [0.2, 0.25) is 0 Å². The normalized spacial score (nSPS) is 16.0. The zero-order valence-corrected chi connectivity index (χ0v) is 8.51. The first-order valence-electron chi connectivity index (χ1n) is 4.64. The van der Waals surface area contributed by atoms with Gasteiger partial charge in [0.15, 0.2) is 0 Å². The van der Waals surface area contributed by atoms with E-state index < -0.39 is 0 Å². The quantitative estimate of drug-likeness (QED) is 0.550. The third kappa shape index (κ3) is 4.73. The molecule has 0 bridgehead atoms. The van der Waals surface area contributed by atoms with Crippen molar-refractivity contribution in [3.05, 3.63) is 6.92 Å². The number of hydrogen-bond donors (Lipinski definition) is 0. The van der Waals surface area contributed by atoms with Gasteiger partial charge in [-0.3, -0.25) is 0 Å². The molecule has 1 radical (unpaired) electrons. The van der Waals surface area contributed by atoms with E-state index in [2.05, 4.69) is 13.8 Å². The number of hydrogen-bond acceptors (Lipinski definition) is 2. The minimum absolute atomic E-state index is 0.0353. The van der Waals surface area contributed by atoms with E-state index in [1.165, 1.54) is 19.3 Å². The summed E-state index contributed by atoms with van der Waals surface area (Å²) in [6.45, 7) is 6.05. The fraction of sp³-hybridized carbons (Fsp3) is 0.900. The van der Waals surface area contributed by atoms with Gasteiger partial charge in [0.2, 0.25) is 0 Å². The molecule has 0 aliphatic carbocycles. The predicted molar refractivity (Wildman–Crippen MR) is 51.1 cm³/mol. The smallest absolute Gasteiger partial charge is 0.0833 e. The molecule has 2 heteroatoms. The summed E-state index contributed by atoms with van der Waals surface area (Å²) in [6.07, 6.45) is 4.87. The van der Waals surface area contributed by atoms with Crippen LogP contribution in [0.4, 0.5) is 0 Å². The molecule has 0 spiro atoms. The summed E-state index contributed by atoms with van der Waals surface area (Å²) < 4.78 is 10.4. The van der Waals surface area contributed by atoms with Crippen molar-refractivity contribution in [3.63, 3.8) is 0 Å². The van der Waals surface area contributed by atoms with E-state index in [0.717, 1.165) is 6.42 Å². The Labute approximate surface area is 76.3 Å². The van der Waals surface area contributed by atoms with E-state index in [4.69, 9.17) is 9.47 Å². The Morgan fingerprint density at radius 1 is 1.17 bits per heavy atom. The van der Waals surface area contributed by atoms with Crippen LogP contribution in [0.1, 0.15) is 32.6 Å². The van der Waals surface area contributed by atoms with Crippen molar-refractivity contribution < 1.29 is 9.47 Å². The lowest BCUT2D eigenvalue weighted by molar-refractivity contribution is -0.0179. The van der Waals surface area contributed by atoms with E-state index in [-0.39, 0.29) is 12.2 Å². The van der Waals surface area contributed by atoms with Gasteiger partial charge in [-0.25, -0.2) is 0 Å². The summed E-state index contributed by atoms with van der Waals surface area (Å²) in [6, 6.07) is 0. The molecule has 0 aromatic carbocycles. The molecule has 0 aromatic rings. The number of unbranched alkanes of at least 4 members (excludes halogenated alkanes) is 2. The third-order valence-electron chi connectivity index (χ3n) is 2.11. The minimum atomic E-state index is -0.0353. The number of ether oxygens (including phenoxy) is 2. The fourth-order valence-corrected chi connectivity index (χ4v) is 1.20. The first-order chi connectivity index (χ1) is 5.76. The molecule has 0 rings (SSSR count). The Bertz CT molecular complexity index is 93.8. The maximum atomic E-state index is 5.26. The largest absolute Gasteiger partial charge is 0.379 e. The van der Waals surface area contributed by atoms with Gasteiger partial charge in [-0.15, -0.1) is 0 Å². The van der Waals surface area contributed by atoms with Crippen LogP contribution in [0.25, 0.3) is 0 Å². The molecule has 2 atom stereocenters. The van der Waals surface area contributed by atoms with Crippen LogP contribution in [-0.2, 0) is 9.47 Å².